The second-order valence-corrected chi connectivity index (χ2v) is 2.38. The van der Waals surface area contributed by atoms with Gasteiger partial charge in [0, 0.05) is 6.08 Å². The van der Waals surface area contributed by atoms with Crippen LogP contribution >= 0.6 is 0 Å². The maximum Gasteiger partial charge on any atom is 0.416 e. The Kier molecular flexibility index (Phi) is 3.18. The van der Waals surface area contributed by atoms with Gasteiger partial charge in [0.25, 0.3) is 0 Å². The van der Waals surface area contributed by atoms with Crippen LogP contribution in [0.1, 0.15) is 6.92 Å². The van der Waals surface area contributed by atoms with Gasteiger partial charge >= 0.3 is 12.4 Å². The molecule has 0 fully saturated rings. The summed E-state index contributed by atoms with van der Waals surface area (Å²) in [5, 5.41) is 0. The first-order valence-corrected chi connectivity index (χ1v) is 3.06. The van der Waals surface area contributed by atoms with Gasteiger partial charge in [0.15, 0.2) is 0 Å². The van der Waals surface area contributed by atoms with Crippen molar-refractivity contribution in [3.63, 3.8) is 0 Å². The Bertz CT molecular complexity index is 228. The summed E-state index contributed by atoms with van der Waals surface area (Å²) < 4.78 is 70.4. The molecule has 0 nitrogen and oxygen atoms in total. The summed E-state index contributed by atoms with van der Waals surface area (Å²) in [7, 11) is 0. The maximum absolute atomic E-state index is 11.9. The van der Waals surface area contributed by atoms with Crippen LogP contribution in [0.15, 0.2) is 23.8 Å². The van der Waals surface area contributed by atoms with Crippen molar-refractivity contribution in [3.8, 4) is 0 Å². The van der Waals surface area contributed by atoms with Gasteiger partial charge in [0.1, 0.15) is 0 Å². The van der Waals surface area contributed by atoms with Gasteiger partial charge in [-0.1, -0.05) is 6.58 Å². The first-order valence-electron chi connectivity index (χ1n) is 3.06. The van der Waals surface area contributed by atoms with Crippen LogP contribution < -0.4 is 0 Å². The van der Waals surface area contributed by atoms with Gasteiger partial charge in [-0.15, -0.1) is 0 Å². The Labute approximate surface area is 70.5 Å². The molecule has 0 heterocycles. The molecule has 0 bridgehead atoms. The third kappa shape index (κ3) is 4.59. The zero-order chi connectivity index (χ0) is 10.9. The molecule has 0 rings (SSSR count). The Balaban J connectivity index is 5.06. The van der Waals surface area contributed by atoms with E-state index in [9.17, 15) is 26.3 Å². The highest BCUT2D eigenvalue weighted by Crippen LogP contribution is 2.33. The van der Waals surface area contributed by atoms with Crippen LogP contribution in [0.2, 0.25) is 0 Å². The average Bonchev–Trinajstić information content (AvgIpc) is 1.77. The highest BCUT2D eigenvalue weighted by molar-refractivity contribution is 5.31. The minimum absolute atomic E-state index is 0.662. The lowest BCUT2D eigenvalue weighted by Crippen LogP contribution is -2.16. The molecule has 0 aromatic rings. The molecule has 0 N–H and O–H groups in total. The van der Waals surface area contributed by atoms with Gasteiger partial charge in [0.2, 0.25) is 0 Å². The van der Waals surface area contributed by atoms with Crippen LogP contribution in [-0.4, -0.2) is 12.4 Å². The van der Waals surface area contributed by atoms with Crippen LogP contribution in [0.3, 0.4) is 0 Å². The van der Waals surface area contributed by atoms with Crippen molar-refractivity contribution in [3.05, 3.63) is 23.8 Å². The summed E-state index contributed by atoms with van der Waals surface area (Å²) in [5.41, 5.74) is -2.41. The fourth-order valence-electron chi connectivity index (χ4n) is 0.611. The fraction of sp³-hybridized carbons (Fsp3) is 0.429. The van der Waals surface area contributed by atoms with E-state index in [1.165, 1.54) is 0 Å². The number of halogens is 6. The predicted octanol–water partition coefficient (Wildman–Crippen LogP) is 3.61. The van der Waals surface area contributed by atoms with Gasteiger partial charge in [-0.25, -0.2) is 0 Å². The molecule has 0 saturated heterocycles. The lowest BCUT2D eigenvalue weighted by Gasteiger charge is -2.12. The smallest absolute Gasteiger partial charge is 0.167 e. The molecule has 13 heavy (non-hydrogen) atoms. The number of hydrogen-bond donors (Lipinski definition) is 0. The van der Waals surface area contributed by atoms with Crippen molar-refractivity contribution in [2.24, 2.45) is 0 Å². The minimum Gasteiger partial charge on any atom is -0.167 e. The van der Waals surface area contributed by atoms with E-state index in [2.05, 4.69) is 6.58 Å². The largest absolute Gasteiger partial charge is 0.416 e. The number of hydrogen-bond acceptors (Lipinski definition) is 0. The standard InChI is InChI=1S/C7H6F6/c1-4(2)5(7(11,12)13)3-6(8,9)10/h3H,1H2,2H3/b5-3+. The monoisotopic (exact) mass is 204 g/mol. The van der Waals surface area contributed by atoms with E-state index in [4.69, 9.17) is 0 Å². The molecule has 6 heteroatoms. The molecule has 0 aliphatic carbocycles. The second kappa shape index (κ2) is 3.43. The van der Waals surface area contributed by atoms with Crippen molar-refractivity contribution < 1.29 is 26.3 Å². The third-order valence-corrected chi connectivity index (χ3v) is 1.07. The predicted molar refractivity (Wildman–Crippen MR) is 35.0 cm³/mol. The van der Waals surface area contributed by atoms with E-state index < -0.39 is 29.6 Å². The SMILES string of the molecule is C=C(C)/C(=C\C(F)(F)F)C(F)(F)F. The molecule has 0 saturated carbocycles. The van der Waals surface area contributed by atoms with Gasteiger partial charge in [0.05, 0.1) is 5.57 Å². The summed E-state index contributed by atoms with van der Waals surface area (Å²) in [6.45, 7) is 3.68. The van der Waals surface area contributed by atoms with Crippen LogP contribution in [0.25, 0.3) is 0 Å². The van der Waals surface area contributed by atoms with Gasteiger partial charge in [-0.05, 0) is 12.5 Å². The van der Waals surface area contributed by atoms with Crippen LogP contribution in [-0.2, 0) is 0 Å². The first kappa shape index (κ1) is 12.1. The molecule has 0 atom stereocenters. The van der Waals surface area contributed by atoms with Crippen molar-refractivity contribution in [1.82, 2.24) is 0 Å². The number of alkyl halides is 6. The summed E-state index contributed by atoms with van der Waals surface area (Å²) in [6.07, 6.45) is -10.8. The molecular weight excluding hydrogens is 198 g/mol. The van der Waals surface area contributed by atoms with E-state index in [0.29, 0.717) is 0 Å². The van der Waals surface area contributed by atoms with Gasteiger partial charge in [-0.2, -0.15) is 26.3 Å². The maximum atomic E-state index is 11.9. The lowest BCUT2D eigenvalue weighted by molar-refractivity contribution is -0.105. The average molecular weight is 204 g/mol. The topological polar surface area (TPSA) is 0 Å². The van der Waals surface area contributed by atoms with Crippen molar-refractivity contribution >= 4 is 0 Å². The van der Waals surface area contributed by atoms with E-state index in [1.54, 1.807) is 0 Å². The molecule has 0 spiro atoms. The van der Waals surface area contributed by atoms with Crippen LogP contribution in [0.5, 0.6) is 0 Å². The van der Waals surface area contributed by atoms with E-state index in [-0.39, 0.29) is 0 Å². The summed E-state index contributed by atoms with van der Waals surface area (Å²) in [5.74, 6) is 0. The Hall–Kier alpha value is -0.940. The zero-order valence-corrected chi connectivity index (χ0v) is 6.55. The van der Waals surface area contributed by atoms with E-state index in [1.807, 2.05) is 0 Å². The molecule has 76 valence electrons. The van der Waals surface area contributed by atoms with Gasteiger partial charge in [-0.3, -0.25) is 0 Å². The van der Waals surface area contributed by atoms with Crippen molar-refractivity contribution in [2.75, 3.05) is 0 Å². The van der Waals surface area contributed by atoms with Gasteiger partial charge < -0.3 is 0 Å². The highest BCUT2D eigenvalue weighted by atomic mass is 19.4. The Morgan fingerprint density at radius 1 is 1.08 bits per heavy atom. The molecule has 0 aliphatic heterocycles. The molecule has 0 aromatic heterocycles. The number of rotatable bonds is 1. The molecule has 0 aliphatic rings. The van der Waals surface area contributed by atoms with Crippen LogP contribution in [0.4, 0.5) is 26.3 Å². The van der Waals surface area contributed by atoms with E-state index >= 15 is 0 Å². The Morgan fingerprint density at radius 2 is 1.46 bits per heavy atom. The highest BCUT2D eigenvalue weighted by Gasteiger charge is 2.38. The van der Waals surface area contributed by atoms with Crippen LogP contribution in [0, 0.1) is 0 Å². The first-order chi connectivity index (χ1) is 5.54. The van der Waals surface area contributed by atoms with Crippen molar-refractivity contribution in [2.45, 2.75) is 19.3 Å². The molecule has 0 amide bonds. The third-order valence-electron chi connectivity index (χ3n) is 1.07. The lowest BCUT2D eigenvalue weighted by atomic mass is 10.1. The summed E-state index contributed by atoms with van der Waals surface area (Å²) >= 11 is 0. The summed E-state index contributed by atoms with van der Waals surface area (Å²) in [4.78, 5) is 0. The molecule has 0 radical (unpaired) electrons. The fourth-order valence-corrected chi connectivity index (χ4v) is 0.611. The minimum atomic E-state index is -5.01. The summed E-state index contributed by atoms with van der Waals surface area (Å²) in [6, 6.07) is 0. The normalized spacial score (nSPS) is 14.5. The number of allylic oxidation sites excluding steroid dienone is 3. The molecule has 0 unspecified atom stereocenters. The molecular formula is C7H6F6. The van der Waals surface area contributed by atoms with E-state index in [0.717, 1.165) is 6.92 Å². The second-order valence-electron chi connectivity index (χ2n) is 2.38. The van der Waals surface area contributed by atoms with Crippen molar-refractivity contribution in [1.29, 1.82) is 0 Å². The Morgan fingerprint density at radius 3 is 1.54 bits per heavy atom. The zero-order valence-electron chi connectivity index (χ0n) is 6.55. The quantitative estimate of drug-likeness (QED) is 0.452. The molecule has 0 aromatic carbocycles.